The molecule has 0 spiro atoms. The van der Waals surface area contributed by atoms with E-state index in [1.165, 1.54) is 13.1 Å². The second-order valence-corrected chi connectivity index (χ2v) is 8.50. The lowest BCUT2D eigenvalue weighted by Crippen LogP contribution is -2.41. The first-order valence-electron chi connectivity index (χ1n) is 10.1. The molecule has 0 saturated heterocycles. The van der Waals surface area contributed by atoms with Crippen molar-refractivity contribution in [1.29, 1.82) is 0 Å². The van der Waals surface area contributed by atoms with Crippen molar-refractivity contribution in [1.82, 2.24) is 14.1 Å². The van der Waals surface area contributed by atoms with Gasteiger partial charge in [0.25, 0.3) is 5.56 Å². The number of allylic oxidation sites excluding steroid dienone is 2. The first-order chi connectivity index (χ1) is 15.3. The number of carbonyl (C=O) groups excluding carboxylic acids is 1. The molecule has 0 amide bonds. The Labute approximate surface area is 186 Å². The average molecular weight is 458 g/mol. The number of anilines is 1. The van der Waals surface area contributed by atoms with Gasteiger partial charge in [0, 0.05) is 37.0 Å². The molecule has 0 unspecified atom stereocenters. The maximum absolute atomic E-state index is 13.0. The maximum Gasteiger partial charge on any atom is 0.433 e. The van der Waals surface area contributed by atoms with Gasteiger partial charge >= 0.3 is 11.9 Å². The zero-order chi connectivity index (χ0) is 24.3. The summed E-state index contributed by atoms with van der Waals surface area (Å²) in [6.45, 7) is 3.39. The molecular formula is C23H21F3N4O3. The minimum Gasteiger partial charge on any atom is -0.347 e. The molecule has 1 aromatic carbocycles. The standard InChI is InChI=1S/C23H21F3N4O3/c1-22(2)15-7-5-6-8-16(15)28(3)18(22)11-13(31)12-30-20(32)14-9-10-17(23(24,25)26)27-19(14)29(4)21(30)33/h5-11H,12H2,1-4H3/b18-11-. The van der Waals surface area contributed by atoms with Crippen LogP contribution in [0.3, 0.4) is 0 Å². The largest absolute Gasteiger partial charge is 0.433 e. The van der Waals surface area contributed by atoms with E-state index in [-0.39, 0.29) is 5.39 Å². The van der Waals surface area contributed by atoms with Gasteiger partial charge in [-0.2, -0.15) is 13.2 Å². The van der Waals surface area contributed by atoms with Crippen molar-refractivity contribution in [3.05, 3.63) is 80.3 Å². The molecule has 4 rings (SSSR count). The van der Waals surface area contributed by atoms with E-state index in [0.717, 1.165) is 21.9 Å². The van der Waals surface area contributed by atoms with Crippen molar-refractivity contribution < 1.29 is 18.0 Å². The molecule has 1 aliphatic rings. The number of pyridine rings is 1. The van der Waals surface area contributed by atoms with Gasteiger partial charge in [-0.1, -0.05) is 32.0 Å². The van der Waals surface area contributed by atoms with Gasteiger partial charge < -0.3 is 4.90 Å². The molecule has 0 fully saturated rings. The summed E-state index contributed by atoms with van der Waals surface area (Å²) < 4.78 is 40.5. The van der Waals surface area contributed by atoms with Gasteiger partial charge in [0.05, 0.1) is 11.9 Å². The number of para-hydroxylation sites is 1. The number of likely N-dealkylation sites (N-methyl/N-ethyl adjacent to an activating group) is 1. The number of aryl methyl sites for hydroxylation is 1. The summed E-state index contributed by atoms with van der Waals surface area (Å²) in [7, 11) is 3.04. The molecule has 33 heavy (non-hydrogen) atoms. The Morgan fingerprint density at radius 3 is 2.39 bits per heavy atom. The highest BCUT2D eigenvalue weighted by Crippen LogP contribution is 2.46. The highest BCUT2D eigenvalue weighted by molar-refractivity contribution is 5.92. The number of hydrogen-bond donors (Lipinski definition) is 0. The molecule has 3 aromatic rings. The first-order valence-corrected chi connectivity index (χ1v) is 10.1. The van der Waals surface area contributed by atoms with Crippen LogP contribution in [0.25, 0.3) is 11.0 Å². The molecule has 3 heterocycles. The lowest BCUT2D eigenvalue weighted by Gasteiger charge is -2.24. The summed E-state index contributed by atoms with van der Waals surface area (Å²) in [5.74, 6) is -0.490. The normalized spacial score (nSPS) is 16.5. The lowest BCUT2D eigenvalue weighted by molar-refractivity contribution is -0.141. The van der Waals surface area contributed by atoms with E-state index >= 15 is 0 Å². The van der Waals surface area contributed by atoms with E-state index < -0.39 is 46.5 Å². The van der Waals surface area contributed by atoms with E-state index in [2.05, 4.69) is 4.98 Å². The van der Waals surface area contributed by atoms with Gasteiger partial charge in [-0.15, -0.1) is 0 Å². The third-order valence-electron chi connectivity index (χ3n) is 6.03. The Bertz CT molecular complexity index is 1450. The molecule has 0 aliphatic carbocycles. The van der Waals surface area contributed by atoms with Crippen molar-refractivity contribution in [2.45, 2.75) is 32.0 Å². The minimum atomic E-state index is -4.72. The molecule has 0 saturated carbocycles. The quantitative estimate of drug-likeness (QED) is 0.564. The molecule has 0 atom stereocenters. The number of hydrogen-bond acceptors (Lipinski definition) is 5. The van der Waals surface area contributed by atoms with Gasteiger partial charge in [0.2, 0.25) is 0 Å². The van der Waals surface area contributed by atoms with Gasteiger partial charge in [0.15, 0.2) is 5.78 Å². The average Bonchev–Trinajstić information content (AvgIpc) is 2.95. The summed E-state index contributed by atoms with van der Waals surface area (Å²) in [6, 6.07) is 9.37. The van der Waals surface area contributed by atoms with Crippen LogP contribution in [0.15, 0.2) is 57.8 Å². The number of halogens is 3. The first kappa shape index (κ1) is 22.5. The SMILES string of the molecule is CN1/C(=C\C(=O)Cn2c(=O)c3ccc(C(F)(F)F)nc3n(C)c2=O)C(C)(C)c2ccccc21. The predicted molar refractivity (Wildman–Crippen MR) is 117 cm³/mol. The van der Waals surface area contributed by atoms with Crippen LogP contribution in [-0.2, 0) is 30.0 Å². The summed E-state index contributed by atoms with van der Waals surface area (Å²) >= 11 is 0. The van der Waals surface area contributed by atoms with Crippen molar-refractivity contribution >= 4 is 22.5 Å². The third kappa shape index (κ3) is 3.55. The minimum absolute atomic E-state index is 0.184. The van der Waals surface area contributed by atoms with Crippen LogP contribution in [0.2, 0.25) is 0 Å². The van der Waals surface area contributed by atoms with Crippen LogP contribution in [0.5, 0.6) is 0 Å². The Balaban J connectivity index is 1.75. The fourth-order valence-electron chi connectivity index (χ4n) is 4.29. The fraction of sp³-hybridized carbons (Fsp3) is 0.304. The van der Waals surface area contributed by atoms with Crippen molar-refractivity contribution in [2.75, 3.05) is 11.9 Å². The van der Waals surface area contributed by atoms with E-state index in [1.807, 2.05) is 50.1 Å². The number of alkyl halides is 3. The van der Waals surface area contributed by atoms with Crippen LogP contribution >= 0.6 is 0 Å². The molecule has 172 valence electrons. The summed E-state index contributed by atoms with van der Waals surface area (Å²) in [4.78, 5) is 43.8. The summed E-state index contributed by atoms with van der Waals surface area (Å²) in [5, 5.41) is -0.184. The molecule has 0 N–H and O–H groups in total. The highest BCUT2D eigenvalue weighted by Gasteiger charge is 2.38. The molecule has 1 aliphatic heterocycles. The Hall–Kier alpha value is -3.69. The number of nitrogens with zero attached hydrogens (tertiary/aromatic N) is 4. The van der Waals surface area contributed by atoms with E-state index in [1.54, 1.807) is 0 Å². The summed E-state index contributed by atoms with van der Waals surface area (Å²) in [6.07, 6.45) is -3.32. The van der Waals surface area contributed by atoms with Crippen LogP contribution in [-0.4, -0.2) is 26.9 Å². The molecule has 7 nitrogen and oxygen atoms in total. The van der Waals surface area contributed by atoms with Gasteiger partial charge in [-0.25, -0.2) is 9.78 Å². The smallest absolute Gasteiger partial charge is 0.347 e. The Kier molecular flexibility index (Phi) is 5.07. The fourth-order valence-corrected chi connectivity index (χ4v) is 4.29. The van der Waals surface area contributed by atoms with E-state index in [4.69, 9.17) is 0 Å². The van der Waals surface area contributed by atoms with Crippen molar-refractivity contribution in [3.63, 3.8) is 0 Å². The number of benzene rings is 1. The number of aromatic nitrogens is 3. The Morgan fingerprint density at radius 2 is 1.76 bits per heavy atom. The van der Waals surface area contributed by atoms with Crippen molar-refractivity contribution in [2.24, 2.45) is 7.05 Å². The molecule has 0 bridgehead atoms. The molecule has 0 radical (unpaired) electrons. The third-order valence-corrected chi connectivity index (χ3v) is 6.03. The summed E-state index contributed by atoms with van der Waals surface area (Å²) in [5.41, 5.74) is -1.18. The zero-order valence-corrected chi connectivity index (χ0v) is 18.4. The van der Waals surface area contributed by atoms with E-state index in [9.17, 15) is 27.6 Å². The molecule has 2 aromatic heterocycles. The lowest BCUT2D eigenvalue weighted by atomic mass is 9.83. The van der Waals surface area contributed by atoms with Crippen LogP contribution in [0.1, 0.15) is 25.1 Å². The second-order valence-electron chi connectivity index (χ2n) is 8.50. The second kappa shape index (κ2) is 7.43. The zero-order valence-electron chi connectivity index (χ0n) is 18.4. The molecule has 10 heteroatoms. The maximum atomic E-state index is 13.0. The van der Waals surface area contributed by atoms with E-state index in [0.29, 0.717) is 16.3 Å². The molecular weight excluding hydrogens is 437 g/mol. The topological polar surface area (TPSA) is 77.2 Å². The van der Waals surface area contributed by atoms with Crippen LogP contribution in [0, 0.1) is 0 Å². The predicted octanol–water partition coefficient (Wildman–Crippen LogP) is 2.99. The highest BCUT2D eigenvalue weighted by atomic mass is 19.4. The number of ketones is 1. The van der Waals surface area contributed by atoms with Crippen molar-refractivity contribution in [3.8, 4) is 0 Å². The van der Waals surface area contributed by atoms with Crippen LogP contribution < -0.4 is 16.1 Å². The monoisotopic (exact) mass is 458 g/mol. The number of carbonyl (C=O) groups is 1. The number of rotatable bonds is 3. The number of fused-ring (bicyclic) bond motifs is 2. The van der Waals surface area contributed by atoms with Gasteiger partial charge in [-0.3, -0.25) is 18.7 Å². The van der Waals surface area contributed by atoms with Gasteiger partial charge in [-0.05, 0) is 23.8 Å². The van der Waals surface area contributed by atoms with Crippen LogP contribution in [0.4, 0.5) is 18.9 Å². The Morgan fingerprint density at radius 1 is 1.09 bits per heavy atom. The van der Waals surface area contributed by atoms with Gasteiger partial charge in [0.1, 0.15) is 11.3 Å².